The minimum absolute atomic E-state index is 0.183. The van der Waals surface area contributed by atoms with E-state index in [-0.39, 0.29) is 6.61 Å². The molecule has 3 N–H and O–H groups in total. The van der Waals surface area contributed by atoms with Crippen molar-refractivity contribution in [2.75, 3.05) is 33.4 Å². The average molecular weight is 163 g/mol. The predicted octanol–water partition coefficient (Wildman–Crippen LogP) is -1.03. The lowest BCUT2D eigenvalue weighted by molar-refractivity contribution is 0.0938. The molecule has 0 spiro atoms. The van der Waals surface area contributed by atoms with Gasteiger partial charge in [0.05, 0.1) is 12.7 Å². The van der Waals surface area contributed by atoms with E-state index < -0.39 is 6.10 Å². The summed E-state index contributed by atoms with van der Waals surface area (Å²) >= 11 is 0. The van der Waals surface area contributed by atoms with Gasteiger partial charge in [-0.1, -0.05) is 0 Å². The Morgan fingerprint density at radius 2 is 2.27 bits per heavy atom. The Bertz CT molecular complexity index is 80.1. The van der Waals surface area contributed by atoms with Gasteiger partial charge in [-0.05, 0) is 13.0 Å². The first-order valence-electron chi connectivity index (χ1n) is 3.79. The maximum atomic E-state index is 8.87. The monoisotopic (exact) mass is 163 g/mol. The lowest BCUT2D eigenvalue weighted by atomic mass is 10.3. The third-order valence-corrected chi connectivity index (χ3v) is 1.29. The second-order valence-electron chi connectivity index (χ2n) is 2.39. The van der Waals surface area contributed by atoms with Gasteiger partial charge in [-0.25, -0.2) is 0 Å². The molecule has 68 valence electrons. The maximum Gasteiger partial charge on any atom is 0.0894 e. The fraction of sp³-hybridized carbons (Fsp3) is 1.00. The zero-order valence-corrected chi connectivity index (χ0v) is 6.92. The fourth-order valence-electron chi connectivity index (χ4n) is 0.675. The second kappa shape index (κ2) is 7.94. The van der Waals surface area contributed by atoms with Crippen molar-refractivity contribution in [3.05, 3.63) is 0 Å². The first-order chi connectivity index (χ1) is 5.31. The van der Waals surface area contributed by atoms with E-state index in [1.54, 1.807) is 7.11 Å². The highest BCUT2D eigenvalue weighted by Gasteiger charge is 1.98. The van der Waals surface area contributed by atoms with Gasteiger partial charge in [0.25, 0.3) is 0 Å². The van der Waals surface area contributed by atoms with Crippen molar-refractivity contribution in [1.82, 2.24) is 5.32 Å². The van der Waals surface area contributed by atoms with Crippen molar-refractivity contribution in [3.8, 4) is 0 Å². The molecule has 0 heterocycles. The van der Waals surface area contributed by atoms with Gasteiger partial charge < -0.3 is 20.3 Å². The van der Waals surface area contributed by atoms with Crippen LogP contribution >= 0.6 is 0 Å². The molecule has 0 aliphatic rings. The molecule has 1 unspecified atom stereocenters. The van der Waals surface area contributed by atoms with Crippen LogP contribution in [0.2, 0.25) is 0 Å². The lowest BCUT2D eigenvalue weighted by Crippen LogP contribution is -2.30. The Morgan fingerprint density at radius 3 is 2.82 bits per heavy atom. The van der Waals surface area contributed by atoms with Crippen LogP contribution in [0.25, 0.3) is 0 Å². The number of aliphatic hydroxyl groups is 2. The summed E-state index contributed by atoms with van der Waals surface area (Å²) in [5.74, 6) is 0. The minimum atomic E-state index is -0.641. The number of nitrogens with one attached hydrogen (secondary N) is 1. The summed E-state index contributed by atoms with van der Waals surface area (Å²) in [6, 6.07) is 0. The number of hydrogen-bond acceptors (Lipinski definition) is 4. The average Bonchev–Trinajstić information content (AvgIpc) is 2.04. The number of ether oxygens (including phenoxy) is 1. The van der Waals surface area contributed by atoms with Crippen LogP contribution in [0.5, 0.6) is 0 Å². The highest BCUT2D eigenvalue weighted by Crippen LogP contribution is 1.79. The first kappa shape index (κ1) is 10.8. The molecule has 0 saturated carbocycles. The van der Waals surface area contributed by atoms with Gasteiger partial charge in [0, 0.05) is 20.3 Å². The SMILES string of the molecule is COCCCNCC(O)CO. The second-order valence-corrected chi connectivity index (χ2v) is 2.39. The van der Waals surface area contributed by atoms with E-state index in [0.717, 1.165) is 19.6 Å². The summed E-state index contributed by atoms with van der Waals surface area (Å²) in [7, 11) is 1.66. The standard InChI is InChI=1S/C7H17NO3/c1-11-4-2-3-8-5-7(10)6-9/h7-10H,2-6H2,1H3. The predicted molar refractivity (Wildman–Crippen MR) is 42.5 cm³/mol. The number of rotatable bonds is 7. The molecule has 0 saturated heterocycles. The summed E-state index contributed by atoms with van der Waals surface area (Å²) < 4.78 is 4.82. The van der Waals surface area contributed by atoms with Crippen LogP contribution in [-0.4, -0.2) is 49.7 Å². The molecular formula is C7H17NO3. The molecule has 0 aliphatic carbocycles. The molecule has 11 heavy (non-hydrogen) atoms. The number of hydrogen-bond donors (Lipinski definition) is 3. The zero-order chi connectivity index (χ0) is 8.53. The Morgan fingerprint density at radius 1 is 1.55 bits per heavy atom. The van der Waals surface area contributed by atoms with Gasteiger partial charge in [0.2, 0.25) is 0 Å². The van der Waals surface area contributed by atoms with Crippen molar-refractivity contribution >= 4 is 0 Å². The van der Waals surface area contributed by atoms with E-state index in [9.17, 15) is 0 Å². The van der Waals surface area contributed by atoms with Gasteiger partial charge in [0.15, 0.2) is 0 Å². The molecule has 0 aromatic carbocycles. The van der Waals surface area contributed by atoms with Gasteiger partial charge in [-0.3, -0.25) is 0 Å². The first-order valence-corrected chi connectivity index (χ1v) is 3.79. The van der Waals surface area contributed by atoms with E-state index in [2.05, 4.69) is 5.32 Å². The fourth-order valence-corrected chi connectivity index (χ4v) is 0.675. The Labute approximate surface area is 67.2 Å². The maximum absolute atomic E-state index is 8.87. The molecule has 0 aliphatic heterocycles. The van der Waals surface area contributed by atoms with Crippen LogP contribution < -0.4 is 5.32 Å². The van der Waals surface area contributed by atoms with Crippen LogP contribution in [0, 0.1) is 0 Å². The van der Waals surface area contributed by atoms with Crippen LogP contribution in [0.15, 0.2) is 0 Å². The van der Waals surface area contributed by atoms with Crippen LogP contribution in [-0.2, 0) is 4.74 Å². The molecule has 1 atom stereocenters. The number of aliphatic hydroxyl groups excluding tert-OH is 2. The smallest absolute Gasteiger partial charge is 0.0894 e. The molecule has 4 heteroatoms. The van der Waals surface area contributed by atoms with Gasteiger partial charge >= 0.3 is 0 Å². The Kier molecular flexibility index (Phi) is 7.83. The third kappa shape index (κ3) is 7.74. The quantitative estimate of drug-likeness (QED) is 0.420. The van der Waals surface area contributed by atoms with E-state index in [1.165, 1.54) is 0 Å². The van der Waals surface area contributed by atoms with E-state index in [4.69, 9.17) is 14.9 Å². The molecule has 0 bridgehead atoms. The van der Waals surface area contributed by atoms with E-state index in [1.807, 2.05) is 0 Å². The third-order valence-electron chi connectivity index (χ3n) is 1.29. The highest BCUT2D eigenvalue weighted by atomic mass is 16.5. The zero-order valence-electron chi connectivity index (χ0n) is 6.92. The molecule has 4 nitrogen and oxygen atoms in total. The van der Waals surface area contributed by atoms with Crippen molar-refractivity contribution in [2.24, 2.45) is 0 Å². The molecule has 0 fully saturated rings. The highest BCUT2D eigenvalue weighted by molar-refractivity contribution is 4.56. The van der Waals surface area contributed by atoms with Crippen LogP contribution in [0.4, 0.5) is 0 Å². The van der Waals surface area contributed by atoms with Crippen molar-refractivity contribution in [3.63, 3.8) is 0 Å². The van der Waals surface area contributed by atoms with Crippen molar-refractivity contribution < 1.29 is 14.9 Å². The molecular weight excluding hydrogens is 146 g/mol. The normalized spacial score (nSPS) is 13.4. The van der Waals surface area contributed by atoms with Crippen LogP contribution in [0.3, 0.4) is 0 Å². The summed E-state index contributed by atoms with van der Waals surface area (Å²) in [6.07, 6.45) is 0.284. The summed E-state index contributed by atoms with van der Waals surface area (Å²) in [6.45, 7) is 1.80. The molecule has 0 amide bonds. The lowest BCUT2D eigenvalue weighted by Gasteiger charge is -2.07. The summed E-state index contributed by atoms with van der Waals surface area (Å²) in [5.41, 5.74) is 0. The minimum Gasteiger partial charge on any atom is -0.394 e. The van der Waals surface area contributed by atoms with Crippen molar-refractivity contribution in [1.29, 1.82) is 0 Å². The van der Waals surface area contributed by atoms with E-state index in [0.29, 0.717) is 6.54 Å². The molecule has 0 rings (SSSR count). The summed E-state index contributed by atoms with van der Waals surface area (Å²) in [5, 5.41) is 20.3. The Hall–Kier alpha value is -0.160. The Balaban J connectivity index is 2.89. The summed E-state index contributed by atoms with van der Waals surface area (Å²) in [4.78, 5) is 0. The van der Waals surface area contributed by atoms with Gasteiger partial charge in [-0.15, -0.1) is 0 Å². The van der Waals surface area contributed by atoms with Crippen LogP contribution in [0.1, 0.15) is 6.42 Å². The molecule has 0 aromatic rings. The largest absolute Gasteiger partial charge is 0.394 e. The van der Waals surface area contributed by atoms with Gasteiger partial charge in [-0.2, -0.15) is 0 Å². The topological polar surface area (TPSA) is 61.7 Å². The van der Waals surface area contributed by atoms with E-state index >= 15 is 0 Å². The molecule has 0 aromatic heterocycles. The van der Waals surface area contributed by atoms with Crippen molar-refractivity contribution in [2.45, 2.75) is 12.5 Å². The number of methoxy groups -OCH3 is 1. The van der Waals surface area contributed by atoms with Gasteiger partial charge in [0.1, 0.15) is 0 Å². The molecule has 0 radical (unpaired) electrons.